The molecule has 1 aliphatic rings. The molecule has 3 heterocycles. The van der Waals surface area contributed by atoms with Crippen LogP contribution in [-0.2, 0) is 4.79 Å². The first kappa shape index (κ1) is 15.3. The Kier molecular flexibility index (Phi) is 4.03. The van der Waals surface area contributed by atoms with E-state index in [0.717, 1.165) is 22.8 Å². The van der Waals surface area contributed by atoms with Crippen molar-refractivity contribution in [3.05, 3.63) is 53.8 Å². The van der Waals surface area contributed by atoms with Gasteiger partial charge < -0.3 is 9.15 Å². The minimum absolute atomic E-state index is 0.0528. The van der Waals surface area contributed by atoms with Crippen LogP contribution in [0.4, 0.5) is 5.13 Å². The van der Waals surface area contributed by atoms with Crippen LogP contribution in [0.2, 0.25) is 0 Å². The van der Waals surface area contributed by atoms with Crippen LogP contribution in [0.3, 0.4) is 0 Å². The van der Waals surface area contributed by atoms with Gasteiger partial charge in [-0.25, -0.2) is 4.98 Å². The third-order valence-corrected chi connectivity index (χ3v) is 5.75. The van der Waals surface area contributed by atoms with Gasteiger partial charge in [0.25, 0.3) is 0 Å². The first-order valence-electron chi connectivity index (χ1n) is 7.33. The fourth-order valence-electron chi connectivity index (χ4n) is 2.54. The molecule has 1 amide bonds. The summed E-state index contributed by atoms with van der Waals surface area (Å²) in [5, 5.41) is 2.51. The van der Waals surface area contributed by atoms with Crippen molar-refractivity contribution in [3.8, 4) is 17.0 Å². The molecule has 2 aromatic heterocycles. The lowest BCUT2D eigenvalue weighted by molar-refractivity contribution is -0.115. The molecule has 1 fully saturated rings. The number of nitrogens with zero attached hydrogens (tertiary/aromatic N) is 2. The molecule has 24 heavy (non-hydrogen) atoms. The maximum atomic E-state index is 12.3. The van der Waals surface area contributed by atoms with Crippen LogP contribution in [0.25, 0.3) is 11.3 Å². The molecule has 3 aromatic rings. The zero-order chi connectivity index (χ0) is 16.5. The minimum Gasteiger partial charge on any atom is -0.497 e. The second-order valence-corrected chi connectivity index (χ2v) is 7.09. The summed E-state index contributed by atoms with van der Waals surface area (Å²) in [4.78, 5) is 18.7. The Bertz CT molecular complexity index is 843. The molecule has 5 nitrogen and oxygen atoms in total. The summed E-state index contributed by atoms with van der Waals surface area (Å²) in [5.74, 6) is 2.06. The molecule has 0 spiro atoms. The highest BCUT2D eigenvalue weighted by Crippen LogP contribution is 2.43. The van der Waals surface area contributed by atoms with Gasteiger partial charge in [-0.1, -0.05) is 0 Å². The number of anilines is 1. The fraction of sp³-hybridized carbons (Fsp3) is 0.176. The largest absolute Gasteiger partial charge is 0.497 e. The van der Waals surface area contributed by atoms with E-state index in [1.807, 2.05) is 41.8 Å². The molecular weight excluding hydrogens is 344 g/mol. The van der Waals surface area contributed by atoms with Gasteiger partial charge in [0.15, 0.2) is 5.13 Å². The fourth-order valence-corrected chi connectivity index (χ4v) is 4.59. The average molecular weight is 358 g/mol. The van der Waals surface area contributed by atoms with E-state index < -0.39 is 0 Å². The molecule has 1 atom stereocenters. The number of furan rings is 1. The van der Waals surface area contributed by atoms with Crippen molar-refractivity contribution in [2.45, 2.75) is 5.37 Å². The number of methoxy groups -OCH3 is 1. The number of rotatable bonds is 4. The number of carbonyl (C=O) groups excluding carboxylic acids is 1. The van der Waals surface area contributed by atoms with E-state index in [9.17, 15) is 4.79 Å². The van der Waals surface area contributed by atoms with E-state index in [0.29, 0.717) is 10.9 Å². The number of thioether (sulfide) groups is 1. The smallest absolute Gasteiger partial charge is 0.240 e. The highest BCUT2D eigenvalue weighted by atomic mass is 32.2. The predicted octanol–water partition coefficient (Wildman–Crippen LogP) is 4.19. The number of aromatic nitrogens is 1. The Morgan fingerprint density at radius 2 is 2.12 bits per heavy atom. The van der Waals surface area contributed by atoms with Gasteiger partial charge in [-0.15, -0.1) is 23.1 Å². The predicted molar refractivity (Wildman–Crippen MR) is 95.5 cm³/mol. The van der Waals surface area contributed by atoms with Gasteiger partial charge in [0.05, 0.1) is 24.8 Å². The summed E-state index contributed by atoms with van der Waals surface area (Å²) >= 11 is 3.02. The van der Waals surface area contributed by atoms with Gasteiger partial charge in [-0.3, -0.25) is 9.69 Å². The zero-order valence-electron chi connectivity index (χ0n) is 12.8. The quantitative estimate of drug-likeness (QED) is 0.700. The van der Waals surface area contributed by atoms with Crippen LogP contribution >= 0.6 is 23.1 Å². The van der Waals surface area contributed by atoms with Crippen LogP contribution < -0.4 is 9.64 Å². The molecular formula is C17H14N2O3S2. The Morgan fingerprint density at radius 3 is 2.83 bits per heavy atom. The van der Waals surface area contributed by atoms with Gasteiger partial charge in [-0.2, -0.15) is 0 Å². The third-order valence-electron chi connectivity index (χ3n) is 3.74. The highest BCUT2D eigenvalue weighted by Gasteiger charge is 2.37. The molecule has 0 aliphatic carbocycles. The number of thiazole rings is 1. The number of ether oxygens (including phenoxy) is 1. The summed E-state index contributed by atoms with van der Waals surface area (Å²) in [6.45, 7) is 0. The summed E-state index contributed by atoms with van der Waals surface area (Å²) < 4.78 is 10.7. The minimum atomic E-state index is -0.151. The summed E-state index contributed by atoms with van der Waals surface area (Å²) in [6.07, 6.45) is 1.63. The van der Waals surface area contributed by atoms with Crippen LogP contribution in [0.15, 0.2) is 52.5 Å². The molecule has 4 rings (SSSR count). The van der Waals surface area contributed by atoms with Gasteiger partial charge >= 0.3 is 0 Å². The molecule has 1 aromatic carbocycles. The molecule has 1 aliphatic heterocycles. The van der Waals surface area contributed by atoms with Gasteiger partial charge in [0.1, 0.15) is 16.9 Å². The SMILES string of the molecule is COc1ccc(-c2csc(N3C(=O)CSC3c3ccco3)n2)cc1. The average Bonchev–Trinajstić information content (AvgIpc) is 3.34. The molecule has 0 saturated carbocycles. The zero-order valence-corrected chi connectivity index (χ0v) is 14.5. The van der Waals surface area contributed by atoms with Crippen LogP contribution in [0, 0.1) is 0 Å². The van der Waals surface area contributed by atoms with Crippen LogP contribution in [0.5, 0.6) is 5.75 Å². The standard InChI is InChI=1S/C17H14N2O3S2/c1-21-12-6-4-11(5-7-12)13-9-24-17(18-13)19-15(20)10-23-16(19)14-3-2-8-22-14/h2-9,16H,10H2,1H3. The highest BCUT2D eigenvalue weighted by molar-refractivity contribution is 8.00. The Balaban J connectivity index is 1.64. The second kappa shape index (κ2) is 6.33. The van der Waals surface area contributed by atoms with Crippen molar-refractivity contribution < 1.29 is 13.9 Å². The van der Waals surface area contributed by atoms with E-state index in [1.165, 1.54) is 11.3 Å². The van der Waals surface area contributed by atoms with Crippen molar-refractivity contribution >= 4 is 34.1 Å². The van der Waals surface area contributed by atoms with Crippen molar-refractivity contribution in [3.63, 3.8) is 0 Å². The normalized spacial score (nSPS) is 17.5. The maximum absolute atomic E-state index is 12.3. The molecule has 122 valence electrons. The van der Waals surface area contributed by atoms with E-state index in [1.54, 1.807) is 30.0 Å². The van der Waals surface area contributed by atoms with Crippen molar-refractivity contribution in [2.24, 2.45) is 0 Å². The summed E-state index contributed by atoms with van der Waals surface area (Å²) in [7, 11) is 1.64. The van der Waals surface area contributed by atoms with Crippen LogP contribution in [0.1, 0.15) is 11.1 Å². The number of carbonyl (C=O) groups is 1. The van der Waals surface area contributed by atoms with E-state index in [2.05, 4.69) is 4.98 Å². The van der Waals surface area contributed by atoms with Gasteiger partial charge in [-0.05, 0) is 36.4 Å². The second-order valence-electron chi connectivity index (χ2n) is 5.19. The Hall–Kier alpha value is -2.25. The lowest BCUT2D eigenvalue weighted by atomic mass is 10.2. The Morgan fingerprint density at radius 1 is 1.29 bits per heavy atom. The molecule has 1 saturated heterocycles. The van der Waals surface area contributed by atoms with Crippen molar-refractivity contribution in [1.29, 1.82) is 0 Å². The lowest BCUT2D eigenvalue weighted by Gasteiger charge is -2.19. The van der Waals surface area contributed by atoms with Crippen molar-refractivity contribution in [1.82, 2.24) is 4.98 Å². The van der Waals surface area contributed by atoms with Gasteiger partial charge in [0.2, 0.25) is 5.91 Å². The van der Waals surface area contributed by atoms with Gasteiger partial charge in [0, 0.05) is 10.9 Å². The maximum Gasteiger partial charge on any atom is 0.240 e. The van der Waals surface area contributed by atoms with E-state index in [4.69, 9.17) is 9.15 Å². The first-order chi connectivity index (χ1) is 11.8. The number of amides is 1. The first-order valence-corrected chi connectivity index (χ1v) is 9.26. The number of benzene rings is 1. The summed E-state index contributed by atoms with van der Waals surface area (Å²) in [5.41, 5.74) is 1.84. The van der Waals surface area contributed by atoms with E-state index >= 15 is 0 Å². The molecule has 0 radical (unpaired) electrons. The monoisotopic (exact) mass is 358 g/mol. The molecule has 0 bridgehead atoms. The molecule has 7 heteroatoms. The van der Waals surface area contributed by atoms with Crippen molar-refractivity contribution in [2.75, 3.05) is 17.8 Å². The summed E-state index contributed by atoms with van der Waals surface area (Å²) in [6, 6.07) is 11.4. The van der Waals surface area contributed by atoms with Crippen LogP contribution in [-0.4, -0.2) is 23.8 Å². The lowest BCUT2D eigenvalue weighted by Crippen LogP contribution is -2.27. The van der Waals surface area contributed by atoms with E-state index in [-0.39, 0.29) is 11.3 Å². The topological polar surface area (TPSA) is 55.6 Å². The number of hydrogen-bond donors (Lipinski definition) is 0. The Labute approximate surface area is 147 Å². The third kappa shape index (κ3) is 2.70. The molecule has 1 unspecified atom stereocenters. The number of hydrogen-bond acceptors (Lipinski definition) is 6. The molecule has 0 N–H and O–H groups in total.